The van der Waals surface area contributed by atoms with Crippen LogP contribution in [0.5, 0.6) is 0 Å². The maximum atomic E-state index is 13.3. The van der Waals surface area contributed by atoms with Crippen LogP contribution in [0.1, 0.15) is 45.8 Å². The highest BCUT2D eigenvalue weighted by atomic mass is 35.5. The van der Waals surface area contributed by atoms with E-state index in [2.05, 4.69) is 10.9 Å². The number of terminal acetylenes is 1. The monoisotopic (exact) mass is 355 g/mol. The molecule has 2 aliphatic rings. The van der Waals surface area contributed by atoms with Crippen molar-refractivity contribution in [1.29, 1.82) is 0 Å². The Hall–Kier alpha value is -2.78. The van der Waals surface area contributed by atoms with Crippen molar-refractivity contribution in [3.63, 3.8) is 0 Å². The van der Waals surface area contributed by atoms with E-state index in [1.165, 1.54) is 6.33 Å². The van der Waals surface area contributed by atoms with Crippen molar-refractivity contribution in [3.05, 3.63) is 46.5 Å². The largest absolute Gasteiger partial charge is 0.476 e. The summed E-state index contributed by atoms with van der Waals surface area (Å²) in [4.78, 5) is 30.8. The molecule has 1 atom stereocenters. The number of fused-ring (bicyclic) bond motifs is 5. The highest BCUT2D eigenvalue weighted by molar-refractivity contribution is 6.34. The van der Waals surface area contributed by atoms with Gasteiger partial charge < -0.3 is 10.0 Å². The van der Waals surface area contributed by atoms with Crippen LogP contribution >= 0.6 is 11.6 Å². The maximum Gasteiger partial charge on any atom is 0.356 e. The Morgan fingerprint density at radius 1 is 1.48 bits per heavy atom. The predicted molar refractivity (Wildman–Crippen MR) is 90.9 cm³/mol. The van der Waals surface area contributed by atoms with Gasteiger partial charge in [0, 0.05) is 13.0 Å². The Morgan fingerprint density at radius 3 is 3.00 bits per heavy atom. The lowest BCUT2D eigenvalue weighted by molar-refractivity contribution is 0.0573. The first-order valence-corrected chi connectivity index (χ1v) is 8.24. The fourth-order valence-electron chi connectivity index (χ4n) is 4.05. The third kappa shape index (κ3) is 1.96. The molecule has 0 spiro atoms. The average Bonchev–Trinajstić information content (AvgIpc) is 3.17. The highest BCUT2D eigenvalue weighted by Gasteiger charge is 2.51. The molecule has 0 unspecified atom stereocenters. The molecule has 1 aromatic heterocycles. The van der Waals surface area contributed by atoms with Gasteiger partial charge in [0.2, 0.25) is 0 Å². The van der Waals surface area contributed by atoms with E-state index in [0.717, 1.165) is 6.42 Å². The van der Waals surface area contributed by atoms with Crippen molar-refractivity contribution >= 4 is 23.5 Å². The van der Waals surface area contributed by atoms with Crippen molar-refractivity contribution < 1.29 is 14.7 Å². The van der Waals surface area contributed by atoms with Gasteiger partial charge in [-0.05, 0) is 25.0 Å². The van der Waals surface area contributed by atoms with Crippen molar-refractivity contribution in [2.75, 3.05) is 6.54 Å². The first-order valence-electron chi connectivity index (χ1n) is 7.86. The predicted octanol–water partition coefficient (Wildman–Crippen LogP) is 2.69. The zero-order valence-electron chi connectivity index (χ0n) is 13.2. The second-order valence-electron chi connectivity index (χ2n) is 6.22. The van der Waals surface area contributed by atoms with E-state index >= 15 is 0 Å². The van der Waals surface area contributed by atoms with Crippen LogP contribution in [0.3, 0.4) is 0 Å². The van der Waals surface area contributed by atoms with Gasteiger partial charge in [-0.1, -0.05) is 17.7 Å². The number of hydrogen-bond acceptors (Lipinski definition) is 3. The third-order valence-electron chi connectivity index (χ3n) is 5.00. The number of aromatic nitrogens is 2. The molecule has 1 fully saturated rings. The van der Waals surface area contributed by atoms with Crippen LogP contribution < -0.4 is 0 Å². The lowest BCUT2D eigenvalue weighted by Gasteiger charge is -2.36. The summed E-state index contributed by atoms with van der Waals surface area (Å²) in [5.41, 5.74) is 0.352. The van der Waals surface area contributed by atoms with Crippen LogP contribution in [0, 0.1) is 12.3 Å². The summed E-state index contributed by atoms with van der Waals surface area (Å²) >= 11 is 6.32. The lowest BCUT2D eigenvalue weighted by atomic mass is 9.87. The van der Waals surface area contributed by atoms with Gasteiger partial charge >= 0.3 is 5.97 Å². The van der Waals surface area contributed by atoms with Crippen LogP contribution in [-0.2, 0) is 5.54 Å². The number of aromatic carboxylic acids is 1. The smallest absolute Gasteiger partial charge is 0.356 e. The lowest BCUT2D eigenvalue weighted by Crippen LogP contribution is -2.45. The van der Waals surface area contributed by atoms with E-state index in [0.29, 0.717) is 34.9 Å². The number of nitrogens with zero attached hydrogens (tertiary/aromatic N) is 3. The second-order valence-corrected chi connectivity index (χ2v) is 6.63. The maximum absolute atomic E-state index is 13.3. The molecule has 4 rings (SSSR count). The van der Waals surface area contributed by atoms with E-state index in [1.54, 1.807) is 27.7 Å². The molecule has 0 bridgehead atoms. The van der Waals surface area contributed by atoms with E-state index in [1.807, 2.05) is 0 Å². The number of halogens is 1. The molecule has 25 heavy (non-hydrogen) atoms. The van der Waals surface area contributed by atoms with Crippen LogP contribution in [0.2, 0.25) is 5.02 Å². The van der Waals surface area contributed by atoms with Gasteiger partial charge in [-0.15, -0.1) is 12.3 Å². The van der Waals surface area contributed by atoms with Gasteiger partial charge in [-0.2, -0.15) is 0 Å². The first-order chi connectivity index (χ1) is 12.0. The fourth-order valence-corrected chi connectivity index (χ4v) is 4.30. The summed E-state index contributed by atoms with van der Waals surface area (Å²) in [5.74, 6) is 1.25. The van der Waals surface area contributed by atoms with Crippen LogP contribution in [0.4, 0.5) is 0 Å². The number of carbonyl (C=O) groups excluding carboxylic acids is 1. The molecule has 0 saturated carbocycles. The minimum atomic E-state index is -1.14. The first kappa shape index (κ1) is 15.7. The summed E-state index contributed by atoms with van der Waals surface area (Å²) in [6.45, 7) is 0.495. The van der Waals surface area contributed by atoms with Gasteiger partial charge in [-0.25, -0.2) is 9.78 Å². The molecule has 0 aliphatic carbocycles. The second kappa shape index (κ2) is 5.36. The van der Waals surface area contributed by atoms with Gasteiger partial charge in [0.05, 0.1) is 27.5 Å². The molecular formula is C18H14ClN3O3. The Labute approximate surface area is 149 Å². The Bertz CT molecular complexity index is 959. The average molecular weight is 356 g/mol. The molecule has 6 nitrogen and oxygen atoms in total. The number of carboxylic acids is 1. The summed E-state index contributed by atoms with van der Waals surface area (Å²) in [5, 5.41) is 9.96. The van der Waals surface area contributed by atoms with Crippen LogP contribution in [0.15, 0.2) is 24.5 Å². The Balaban J connectivity index is 2.14. The van der Waals surface area contributed by atoms with Crippen molar-refractivity contribution in [3.8, 4) is 18.0 Å². The zero-order chi connectivity index (χ0) is 17.8. The molecule has 1 aromatic carbocycles. The standard InChI is InChI=1S/C18H14ClN3O3/c1-2-7-18-8-4-9-22(18)16(23)13-11(19)5-3-6-12(13)21-10-20-14(15(18)21)17(24)25/h1,3,5-6,10H,4,7-9H2,(H,24,25)/t18-/m1/s1. The Morgan fingerprint density at radius 2 is 2.28 bits per heavy atom. The minimum Gasteiger partial charge on any atom is -0.476 e. The molecular weight excluding hydrogens is 342 g/mol. The molecule has 2 aromatic rings. The van der Waals surface area contributed by atoms with Crippen LogP contribution in [-0.4, -0.2) is 38.0 Å². The number of amides is 1. The zero-order valence-corrected chi connectivity index (χ0v) is 14.0. The van der Waals surface area contributed by atoms with Crippen LogP contribution in [0.25, 0.3) is 5.69 Å². The molecule has 1 amide bonds. The number of carboxylic acid groups (broad SMARTS) is 1. The molecule has 1 N–H and O–H groups in total. The Kier molecular flexibility index (Phi) is 3.37. The molecule has 126 valence electrons. The quantitative estimate of drug-likeness (QED) is 0.840. The topological polar surface area (TPSA) is 75.4 Å². The molecule has 2 aliphatic heterocycles. The summed E-state index contributed by atoms with van der Waals surface area (Å²) in [7, 11) is 0. The fraction of sp³-hybridized carbons (Fsp3) is 0.278. The number of rotatable bonds is 2. The molecule has 7 heteroatoms. The summed E-state index contributed by atoms with van der Waals surface area (Å²) in [6, 6.07) is 5.11. The van der Waals surface area contributed by atoms with Crippen molar-refractivity contribution in [2.45, 2.75) is 24.8 Å². The number of benzene rings is 1. The SMILES string of the molecule is C#CC[C@]12CCCN1C(=O)c1c(Cl)cccc1-n1cnc(C(=O)O)c12. The molecule has 0 radical (unpaired) electrons. The van der Waals surface area contributed by atoms with Crippen molar-refractivity contribution in [1.82, 2.24) is 14.5 Å². The van der Waals surface area contributed by atoms with Gasteiger partial charge in [-0.3, -0.25) is 9.36 Å². The summed E-state index contributed by atoms with van der Waals surface area (Å²) in [6.07, 6.45) is 8.57. The number of carbonyl (C=O) groups is 2. The normalized spacial score (nSPS) is 21.1. The minimum absolute atomic E-state index is 0.0808. The van der Waals surface area contributed by atoms with Gasteiger partial charge in [0.15, 0.2) is 5.69 Å². The molecule has 3 heterocycles. The van der Waals surface area contributed by atoms with Crippen molar-refractivity contribution in [2.24, 2.45) is 0 Å². The molecule has 1 saturated heterocycles. The van der Waals surface area contributed by atoms with Gasteiger partial charge in [0.25, 0.3) is 5.91 Å². The van der Waals surface area contributed by atoms with E-state index in [4.69, 9.17) is 18.0 Å². The number of hydrogen-bond donors (Lipinski definition) is 1. The van der Waals surface area contributed by atoms with Gasteiger partial charge in [0.1, 0.15) is 6.33 Å². The highest BCUT2D eigenvalue weighted by Crippen LogP contribution is 2.47. The van der Waals surface area contributed by atoms with E-state index in [9.17, 15) is 14.7 Å². The third-order valence-corrected chi connectivity index (χ3v) is 5.32. The number of imidazole rings is 1. The summed E-state index contributed by atoms with van der Waals surface area (Å²) < 4.78 is 1.66. The van der Waals surface area contributed by atoms with E-state index in [-0.39, 0.29) is 18.0 Å². The van der Waals surface area contributed by atoms with E-state index < -0.39 is 11.5 Å².